The van der Waals surface area contributed by atoms with Gasteiger partial charge in [-0.25, -0.2) is 0 Å². The summed E-state index contributed by atoms with van der Waals surface area (Å²) in [6.45, 7) is 0.390. The Kier molecular flexibility index (Phi) is 3.10. The number of aliphatic hydroxyl groups is 1. The monoisotopic (exact) mass is 255 g/mol. The standard InChI is InChI=1S/C11H13NO6/c1-17-9-3-7(11(4-13)5-18-6-11)2-8(10(9)14)12(15)16/h2-3,13-14H,4-6H2,1H3. The van der Waals surface area contributed by atoms with Gasteiger partial charge in [0, 0.05) is 6.07 Å². The van der Waals surface area contributed by atoms with Gasteiger partial charge in [-0.1, -0.05) is 0 Å². The molecule has 2 N–H and O–H groups in total. The maximum Gasteiger partial charge on any atom is 0.314 e. The number of aliphatic hydroxyl groups excluding tert-OH is 1. The fourth-order valence-corrected chi connectivity index (χ4v) is 1.89. The van der Waals surface area contributed by atoms with Gasteiger partial charge in [-0.2, -0.15) is 0 Å². The van der Waals surface area contributed by atoms with Crippen LogP contribution in [0.15, 0.2) is 12.1 Å². The van der Waals surface area contributed by atoms with E-state index in [1.165, 1.54) is 19.2 Å². The molecule has 7 nitrogen and oxygen atoms in total. The van der Waals surface area contributed by atoms with Crippen molar-refractivity contribution in [2.45, 2.75) is 5.41 Å². The van der Waals surface area contributed by atoms with E-state index in [1.807, 2.05) is 0 Å². The van der Waals surface area contributed by atoms with Gasteiger partial charge in [0.1, 0.15) is 0 Å². The summed E-state index contributed by atoms with van der Waals surface area (Å²) in [5.74, 6) is -0.501. The average molecular weight is 255 g/mol. The third-order valence-corrected chi connectivity index (χ3v) is 3.14. The lowest BCUT2D eigenvalue weighted by molar-refractivity contribution is -0.386. The summed E-state index contributed by atoms with van der Waals surface area (Å²) in [7, 11) is 1.31. The molecule has 2 rings (SSSR count). The lowest BCUT2D eigenvalue weighted by atomic mass is 9.79. The number of rotatable bonds is 4. The van der Waals surface area contributed by atoms with Crippen molar-refractivity contribution in [3.8, 4) is 11.5 Å². The van der Waals surface area contributed by atoms with E-state index >= 15 is 0 Å². The second kappa shape index (κ2) is 4.43. The Morgan fingerprint density at radius 2 is 2.22 bits per heavy atom. The quantitative estimate of drug-likeness (QED) is 0.602. The number of benzene rings is 1. The summed E-state index contributed by atoms with van der Waals surface area (Å²) < 4.78 is 9.96. The maximum atomic E-state index is 10.9. The zero-order valence-electron chi connectivity index (χ0n) is 9.75. The van der Waals surface area contributed by atoms with E-state index in [1.54, 1.807) is 0 Å². The summed E-state index contributed by atoms with van der Waals surface area (Å²) in [6, 6.07) is 2.73. The first-order valence-electron chi connectivity index (χ1n) is 5.28. The van der Waals surface area contributed by atoms with E-state index in [0.717, 1.165) is 0 Å². The normalized spacial score (nSPS) is 17.0. The number of phenolic OH excluding ortho intramolecular Hbond substituents is 1. The molecule has 1 aliphatic heterocycles. The van der Waals surface area contributed by atoms with Crippen LogP contribution in [0.5, 0.6) is 11.5 Å². The Morgan fingerprint density at radius 1 is 1.56 bits per heavy atom. The van der Waals surface area contributed by atoms with Crippen LogP contribution in [-0.4, -0.2) is 42.1 Å². The van der Waals surface area contributed by atoms with Crippen LogP contribution in [0.25, 0.3) is 0 Å². The molecule has 1 aromatic rings. The smallest absolute Gasteiger partial charge is 0.314 e. The second-order valence-electron chi connectivity index (χ2n) is 4.23. The van der Waals surface area contributed by atoms with Crippen LogP contribution < -0.4 is 4.74 Å². The summed E-state index contributed by atoms with van der Waals surface area (Å²) in [6.07, 6.45) is 0. The fourth-order valence-electron chi connectivity index (χ4n) is 1.89. The minimum atomic E-state index is -0.689. The van der Waals surface area contributed by atoms with Gasteiger partial charge < -0.3 is 19.7 Å². The van der Waals surface area contributed by atoms with Gasteiger partial charge in [0.25, 0.3) is 0 Å². The number of hydrogen-bond donors (Lipinski definition) is 2. The molecule has 0 saturated carbocycles. The number of ether oxygens (including phenoxy) is 2. The highest BCUT2D eigenvalue weighted by Gasteiger charge is 2.41. The molecular formula is C11H13NO6. The van der Waals surface area contributed by atoms with Crippen LogP contribution in [0.4, 0.5) is 5.69 Å². The minimum absolute atomic E-state index is 0.0129. The van der Waals surface area contributed by atoms with Crippen LogP contribution in [0.1, 0.15) is 5.56 Å². The van der Waals surface area contributed by atoms with E-state index in [2.05, 4.69) is 0 Å². The van der Waals surface area contributed by atoms with Gasteiger partial charge in [0.05, 0.1) is 37.3 Å². The Morgan fingerprint density at radius 3 is 2.61 bits per heavy atom. The molecule has 0 atom stereocenters. The SMILES string of the molecule is COc1cc(C2(CO)COC2)cc([N+](=O)[O-])c1O. The number of phenols is 1. The Labute approximate surface area is 103 Å². The highest BCUT2D eigenvalue weighted by Crippen LogP contribution is 2.42. The number of nitrogens with zero attached hydrogens (tertiary/aromatic N) is 1. The Bertz CT molecular complexity index is 477. The van der Waals surface area contributed by atoms with Crippen molar-refractivity contribution in [2.24, 2.45) is 0 Å². The molecule has 1 fully saturated rings. The molecule has 7 heteroatoms. The fraction of sp³-hybridized carbons (Fsp3) is 0.455. The number of nitro groups is 1. The van der Waals surface area contributed by atoms with Crippen LogP contribution in [-0.2, 0) is 10.2 Å². The van der Waals surface area contributed by atoms with E-state index in [9.17, 15) is 20.3 Å². The van der Waals surface area contributed by atoms with Crippen LogP contribution in [0.3, 0.4) is 0 Å². The molecule has 1 saturated heterocycles. The number of hydrogen-bond acceptors (Lipinski definition) is 6. The van der Waals surface area contributed by atoms with Crippen molar-refractivity contribution in [1.29, 1.82) is 0 Å². The highest BCUT2D eigenvalue weighted by atomic mass is 16.6. The molecule has 98 valence electrons. The van der Waals surface area contributed by atoms with E-state index in [0.29, 0.717) is 5.56 Å². The summed E-state index contributed by atoms with van der Waals surface area (Å²) in [5, 5.41) is 29.9. The third-order valence-electron chi connectivity index (χ3n) is 3.14. The zero-order chi connectivity index (χ0) is 13.3. The van der Waals surface area contributed by atoms with Gasteiger partial charge in [-0.15, -0.1) is 0 Å². The van der Waals surface area contributed by atoms with Crippen molar-refractivity contribution in [1.82, 2.24) is 0 Å². The Hall–Kier alpha value is -1.86. The largest absolute Gasteiger partial charge is 0.500 e. The first-order chi connectivity index (χ1) is 8.54. The first-order valence-corrected chi connectivity index (χ1v) is 5.28. The van der Waals surface area contributed by atoms with E-state index in [4.69, 9.17) is 9.47 Å². The van der Waals surface area contributed by atoms with Crippen LogP contribution in [0, 0.1) is 10.1 Å². The summed E-state index contributed by atoms with van der Waals surface area (Å²) in [5.41, 5.74) is -0.562. The lowest BCUT2D eigenvalue weighted by Gasteiger charge is -2.40. The van der Waals surface area contributed by atoms with Gasteiger partial charge in [0.2, 0.25) is 5.75 Å². The lowest BCUT2D eigenvalue weighted by Crippen LogP contribution is -2.49. The van der Waals surface area contributed by atoms with Gasteiger partial charge in [-0.05, 0) is 11.6 Å². The molecule has 0 spiro atoms. The van der Waals surface area contributed by atoms with Gasteiger partial charge >= 0.3 is 5.69 Å². The van der Waals surface area contributed by atoms with Gasteiger partial charge in [0.15, 0.2) is 5.75 Å². The van der Waals surface area contributed by atoms with Gasteiger partial charge in [-0.3, -0.25) is 10.1 Å². The molecule has 1 aromatic carbocycles. The minimum Gasteiger partial charge on any atom is -0.500 e. The molecule has 1 aliphatic rings. The molecule has 0 aromatic heterocycles. The van der Waals surface area contributed by atoms with E-state index < -0.39 is 21.8 Å². The first kappa shape index (κ1) is 12.6. The summed E-state index contributed by atoms with van der Waals surface area (Å²) in [4.78, 5) is 10.2. The zero-order valence-corrected chi connectivity index (χ0v) is 9.75. The molecule has 0 amide bonds. The third kappa shape index (κ3) is 1.77. The van der Waals surface area contributed by atoms with Crippen molar-refractivity contribution in [3.05, 3.63) is 27.8 Å². The molecule has 1 heterocycles. The number of aromatic hydroxyl groups is 1. The predicted molar refractivity (Wildman–Crippen MR) is 60.9 cm³/mol. The van der Waals surface area contributed by atoms with Crippen molar-refractivity contribution < 1.29 is 24.6 Å². The van der Waals surface area contributed by atoms with E-state index in [-0.39, 0.29) is 25.6 Å². The van der Waals surface area contributed by atoms with Crippen LogP contribution in [0.2, 0.25) is 0 Å². The van der Waals surface area contributed by atoms with Crippen molar-refractivity contribution >= 4 is 5.69 Å². The van der Waals surface area contributed by atoms with Crippen molar-refractivity contribution in [2.75, 3.05) is 26.9 Å². The molecule has 0 aliphatic carbocycles. The molecule has 0 unspecified atom stereocenters. The molecular weight excluding hydrogens is 242 g/mol. The molecule has 0 radical (unpaired) electrons. The molecule has 0 bridgehead atoms. The average Bonchev–Trinajstić information content (AvgIpc) is 2.29. The Balaban J connectivity index is 2.55. The number of methoxy groups -OCH3 is 1. The topological polar surface area (TPSA) is 102 Å². The second-order valence-corrected chi connectivity index (χ2v) is 4.23. The maximum absolute atomic E-state index is 10.9. The predicted octanol–water partition coefficient (Wildman–Crippen LogP) is 0.569. The number of nitro benzene ring substituents is 1. The summed E-state index contributed by atoms with van der Waals surface area (Å²) >= 11 is 0. The molecule has 18 heavy (non-hydrogen) atoms. The van der Waals surface area contributed by atoms with Crippen molar-refractivity contribution in [3.63, 3.8) is 0 Å². The van der Waals surface area contributed by atoms with Crippen LogP contribution >= 0.6 is 0 Å². The highest BCUT2D eigenvalue weighted by molar-refractivity contribution is 5.58.